The number of rotatable bonds is 9. The van der Waals surface area contributed by atoms with Crippen LogP contribution in [0.5, 0.6) is 11.5 Å². The molecular weight excluding hydrogens is 562 g/mol. The fraction of sp³-hybridized carbons (Fsp3) is 0.312. The molecule has 5 rings (SSSR count). The lowest BCUT2D eigenvalue weighted by Crippen LogP contribution is -2.49. The van der Waals surface area contributed by atoms with Crippen molar-refractivity contribution < 1.29 is 24.5 Å². The maximum Gasteiger partial charge on any atom is 0.324 e. The van der Waals surface area contributed by atoms with Gasteiger partial charge in [0, 0.05) is 42.5 Å². The molecule has 230 valence electrons. The summed E-state index contributed by atoms with van der Waals surface area (Å²) in [6.07, 6.45) is 2.69. The molecule has 0 fully saturated rings. The van der Waals surface area contributed by atoms with Gasteiger partial charge in [0.2, 0.25) is 5.91 Å². The first-order valence-corrected chi connectivity index (χ1v) is 14.4. The molecule has 12 heteroatoms. The Morgan fingerprint density at radius 1 is 1.07 bits per heavy atom. The molecule has 1 aliphatic rings. The number of anilines is 2. The summed E-state index contributed by atoms with van der Waals surface area (Å²) in [4.78, 5) is 29.9. The third-order valence-corrected chi connectivity index (χ3v) is 7.12. The lowest BCUT2D eigenvalue weighted by Gasteiger charge is -2.26. The van der Waals surface area contributed by atoms with Gasteiger partial charge in [0.25, 0.3) is 0 Å². The number of hydrogen-bond donors (Lipinski definition) is 6. The number of carbonyl (C=O) groups excluding carboxylic acids is 2. The van der Waals surface area contributed by atoms with E-state index >= 15 is 0 Å². The van der Waals surface area contributed by atoms with E-state index in [1.165, 1.54) is 0 Å². The van der Waals surface area contributed by atoms with Gasteiger partial charge in [0.05, 0.1) is 36.3 Å². The highest BCUT2D eigenvalue weighted by atomic mass is 16.5. The predicted octanol–water partition coefficient (Wildman–Crippen LogP) is 3.48. The molecule has 2 unspecified atom stereocenters. The number of pyridine rings is 1. The number of nitrogens with zero attached hydrogens (tertiary/aromatic N) is 3. The molecule has 4 aromatic rings. The SMILES string of the molecule is CC(C)(C)c1cc(NC(=O)Nc2cccc(Oc3cccnc3)c2)n(-c2ccc3c(c2)CC(C(=O)NCC(O)CO)NC3)n1. The van der Waals surface area contributed by atoms with Crippen molar-refractivity contribution in [2.45, 2.75) is 51.3 Å². The van der Waals surface area contributed by atoms with E-state index in [1.807, 2.05) is 45.0 Å². The molecule has 0 saturated carbocycles. The van der Waals surface area contributed by atoms with E-state index in [1.54, 1.807) is 53.5 Å². The van der Waals surface area contributed by atoms with E-state index in [9.17, 15) is 14.7 Å². The maximum absolute atomic E-state index is 13.2. The Morgan fingerprint density at radius 2 is 1.89 bits per heavy atom. The number of urea groups is 1. The van der Waals surface area contributed by atoms with Crippen molar-refractivity contribution in [2.75, 3.05) is 23.8 Å². The molecule has 0 aliphatic carbocycles. The van der Waals surface area contributed by atoms with E-state index in [-0.39, 0.29) is 17.9 Å². The first-order valence-electron chi connectivity index (χ1n) is 14.4. The quantitative estimate of drug-likeness (QED) is 0.170. The number of amides is 3. The molecule has 44 heavy (non-hydrogen) atoms. The van der Waals surface area contributed by atoms with E-state index in [0.29, 0.717) is 36.0 Å². The molecule has 3 amide bonds. The fourth-order valence-corrected chi connectivity index (χ4v) is 4.72. The molecule has 3 heterocycles. The first-order chi connectivity index (χ1) is 21.1. The highest BCUT2D eigenvalue weighted by molar-refractivity contribution is 5.99. The highest BCUT2D eigenvalue weighted by Crippen LogP contribution is 2.29. The van der Waals surface area contributed by atoms with Gasteiger partial charge in [0.1, 0.15) is 17.3 Å². The van der Waals surface area contributed by atoms with Crippen molar-refractivity contribution in [3.8, 4) is 17.2 Å². The lowest BCUT2D eigenvalue weighted by atomic mass is 9.92. The Hall–Kier alpha value is -4.78. The summed E-state index contributed by atoms with van der Waals surface area (Å²) < 4.78 is 7.53. The number of ether oxygens (including phenoxy) is 1. The Labute approximate surface area is 255 Å². The van der Waals surface area contributed by atoms with Gasteiger partial charge in [-0.1, -0.05) is 32.9 Å². The molecule has 2 atom stereocenters. The van der Waals surface area contributed by atoms with E-state index in [4.69, 9.17) is 14.9 Å². The maximum atomic E-state index is 13.2. The first kappa shape index (κ1) is 30.7. The zero-order valence-electron chi connectivity index (χ0n) is 24.9. The molecule has 0 saturated heterocycles. The third-order valence-electron chi connectivity index (χ3n) is 7.12. The van der Waals surface area contributed by atoms with Crippen molar-refractivity contribution in [1.29, 1.82) is 0 Å². The second kappa shape index (κ2) is 13.2. The van der Waals surface area contributed by atoms with Crippen LogP contribution in [0, 0.1) is 0 Å². The van der Waals surface area contributed by atoms with Crippen molar-refractivity contribution >= 4 is 23.4 Å². The monoisotopic (exact) mass is 599 g/mol. The third kappa shape index (κ3) is 7.59. The van der Waals surface area contributed by atoms with Gasteiger partial charge in [-0.3, -0.25) is 15.1 Å². The van der Waals surface area contributed by atoms with Crippen LogP contribution in [-0.4, -0.2) is 62.2 Å². The molecule has 12 nitrogen and oxygen atoms in total. The number of aliphatic hydroxyl groups is 2. The molecule has 0 radical (unpaired) electrons. The van der Waals surface area contributed by atoms with Gasteiger partial charge in [-0.05, 0) is 53.9 Å². The normalized spacial score (nSPS) is 15.2. The molecule has 1 aliphatic heterocycles. The van der Waals surface area contributed by atoms with Crippen molar-refractivity contribution in [1.82, 2.24) is 25.4 Å². The van der Waals surface area contributed by atoms with Gasteiger partial charge in [-0.25, -0.2) is 9.48 Å². The number of hydrogen-bond acceptors (Lipinski definition) is 8. The van der Waals surface area contributed by atoms with E-state index < -0.39 is 24.8 Å². The molecule has 2 aromatic carbocycles. The summed E-state index contributed by atoms with van der Waals surface area (Å²) in [6.45, 7) is 6.19. The lowest BCUT2D eigenvalue weighted by molar-refractivity contribution is -0.123. The Morgan fingerprint density at radius 3 is 2.64 bits per heavy atom. The summed E-state index contributed by atoms with van der Waals surface area (Å²) in [5.74, 6) is 1.37. The number of carbonyl (C=O) groups is 2. The zero-order chi connectivity index (χ0) is 31.3. The minimum absolute atomic E-state index is 0.0256. The van der Waals surface area contributed by atoms with Crippen LogP contribution in [0.3, 0.4) is 0 Å². The second-order valence-corrected chi connectivity index (χ2v) is 11.6. The smallest absolute Gasteiger partial charge is 0.324 e. The van der Waals surface area contributed by atoms with Gasteiger partial charge in [-0.2, -0.15) is 5.10 Å². The number of fused-ring (bicyclic) bond motifs is 1. The zero-order valence-corrected chi connectivity index (χ0v) is 24.9. The molecular formula is C32H37N7O5. The topological polar surface area (TPSA) is 163 Å². The number of aliphatic hydroxyl groups excluding tert-OH is 2. The van der Waals surface area contributed by atoms with Crippen molar-refractivity contribution in [3.05, 3.63) is 89.9 Å². The molecule has 0 bridgehead atoms. The minimum Gasteiger partial charge on any atom is -0.456 e. The van der Waals surface area contributed by atoms with Gasteiger partial charge < -0.3 is 30.9 Å². The van der Waals surface area contributed by atoms with Crippen LogP contribution in [0.15, 0.2) is 73.1 Å². The van der Waals surface area contributed by atoms with E-state index in [0.717, 1.165) is 22.5 Å². The highest BCUT2D eigenvalue weighted by Gasteiger charge is 2.26. The van der Waals surface area contributed by atoms with Gasteiger partial charge >= 0.3 is 6.03 Å². The average molecular weight is 600 g/mol. The predicted molar refractivity (Wildman–Crippen MR) is 166 cm³/mol. The van der Waals surface area contributed by atoms with Crippen molar-refractivity contribution in [2.24, 2.45) is 0 Å². The van der Waals surface area contributed by atoms with Gasteiger partial charge in [-0.15, -0.1) is 0 Å². The standard InChI is InChI=1S/C32H37N7O5/c1-32(2,3)28-15-29(37-31(43)36-22-6-4-7-25(14-22)44-26-8-5-11-33-18-26)39(38-28)23-10-9-20-16-34-27(13-21(20)12-23)30(42)35-17-24(41)19-40/h4-12,14-15,18,24,27,34,40-41H,13,16-17,19H2,1-3H3,(H,35,42)(H2,36,37,43). The second-order valence-electron chi connectivity index (χ2n) is 11.6. The number of nitrogens with one attached hydrogen (secondary N) is 4. The van der Waals surface area contributed by atoms with Crippen LogP contribution in [-0.2, 0) is 23.2 Å². The van der Waals surface area contributed by atoms with Crippen molar-refractivity contribution in [3.63, 3.8) is 0 Å². The number of aromatic nitrogens is 3. The summed E-state index contributed by atoms with van der Waals surface area (Å²) in [7, 11) is 0. The summed E-state index contributed by atoms with van der Waals surface area (Å²) in [5, 5.41) is 35.1. The summed E-state index contributed by atoms with van der Waals surface area (Å²) >= 11 is 0. The minimum atomic E-state index is -1.01. The van der Waals surface area contributed by atoms with Crippen LogP contribution in [0.1, 0.15) is 37.6 Å². The number of benzene rings is 2. The van der Waals surface area contributed by atoms with Crippen LogP contribution < -0.4 is 26.0 Å². The van der Waals surface area contributed by atoms with E-state index in [2.05, 4.69) is 26.3 Å². The van der Waals surface area contributed by atoms with Crippen LogP contribution in [0.4, 0.5) is 16.3 Å². The Kier molecular flexibility index (Phi) is 9.23. The molecule has 0 spiro atoms. The fourth-order valence-electron chi connectivity index (χ4n) is 4.72. The Balaban J connectivity index is 1.33. The van der Waals surface area contributed by atoms with Crippen LogP contribution in [0.2, 0.25) is 0 Å². The largest absolute Gasteiger partial charge is 0.456 e. The average Bonchev–Trinajstić information content (AvgIpc) is 3.44. The molecule has 6 N–H and O–H groups in total. The summed E-state index contributed by atoms with van der Waals surface area (Å²) in [6, 6.07) is 17.4. The van der Waals surface area contributed by atoms with Crippen LogP contribution >= 0.6 is 0 Å². The summed E-state index contributed by atoms with van der Waals surface area (Å²) in [5.41, 5.74) is 3.81. The van der Waals surface area contributed by atoms with Crippen LogP contribution in [0.25, 0.3) is 5.69 Å². The Bertz CT molecular complexity index is 1620. The van der Waals surface area contributed by atoms with Gasteiger partial charge in [0.15, 0.2) is 0 Å². The molecule has 2 aromatic heterocycles.